The summed E-state index contributed by atoms with van der Waals surface area (Å²) in [5, 5.41) is 2.92. The number of nitrogens with one attached hydrogen (secondary N) is 1. The summed E-state index contributed by atoms with van der Waals surface area (Å²) in [6.45, 7) is 10.9. The number of hydrogen-bond donors (Lipinski definition) is 1. The molecule has 2 rings (SSSR count). The minimum absolute atomic E-state index is 0.00502. The number of amides is 2. The van der Waals surface area contributed by atoms with Crippen molar-refractivity contribution in [2.75, 3.05) is 13.2 Å². The molecule has 0 fully saturated rings. The number of carbonyl (C=O) groups is 2. The average Bonchev–Trinajstić information content (AvgIpc) is 2.78. The van der Waals surface area contributed by atoms with Crippen molar-refractivity contribution in [3.8, 4) is 11.5 Å². The highest BCUT2D eigenvalue weighted by Gasteiger charge is 2.26. The van der Waals surface area contributed by atoms with E-state index in [1.807, 2.05) is 70.2 Å². The van der Waals surface area contributed by atoms with Gasteiger partial charge in [0, 0.05) is 23.5 Å². The number of halogens is 1. The van der Waals surface area contributed by atoms with Gasteiger partial charge >= 0.3 is 0 Å². The summed E-state index contributed by atoms with van der Waals surface area (Å²) in [4.78, 5) is 27.6. The van der Waals surface area contributed by atoms with Crippen molar-refractivity contribution in [1.29, 1.82) is 0 Å². The number of ether oxygens (including phenoxy) is 2. The third-order valence-corrected chi connectivity index (χ3v) is 5.63. The van der Waals surface area contributed by atoms with Crippen LogP contribution in [0.1, 0.15) is 52.2 Å². The largest absolute Gasteiger partial charge is 0.490 e. The third kappa shape index (κ3) is 8.39. The Morgan fingerprint density at radius 2 is 1.55 bits per heavy atom. The maximum atomic E-state index is 13.3. The molecule has 180 valence electrons. The number of benzene rings is 2. The van der Waals surface area contributed by atoms with E-state index in [1.54, 1.807) is 11.8 Å². The predicted molar refractivity (Wildman–Crippen MR) is 135 cm³/mol. The maximum Gasteiger partial charge on any atom is 0.242 e. The van der Waals surface area contributed by atoms with Gasteiger partial charge in [-0.1, -0.05) is 34.1 Å². The van der Waals surface area contributed by atoms with Crippen molar-refractivity contribution < 1.29 is 19.1 Å². The fourth-order valence-electron chi connectivity index (χ4n) is 3.42. The van der Waals surface area contributed by atoms with Crippen LogP contribution < -0.4 is 14.8 Å². The zero-order valence-corrected chi connectivity index (χ0v) is 21.8. The molecule has 1 atom stereocenters. The van der Waals surface area contributed by atoms with Gasteiger partial charge in [0.1, 0.15) is 6.04 Å². The quantitative estimate of drug-likeness (QED) is 0.423. The fourth-order valence-corrected chi connectivity index (χ4v) is 3.68. The van der Waals surface area contributed by atoms with Gasteiger partial charge in [0.2, 0.25) is 11.8 Å². The van der Waals surface area contributed by atoms with E-state index in [2.05, 4.69) is 21.2 Å². The molecule has 0 aliphatic rings. The van der Waals surface area contributed by atoms with Gasteiger partial charge in [-0.05, 0) is 76.4 Å². The third-order valence-electron chi connectivity index (χ3n) is 5.10. The zero-order valence-electron chi connectivity index (χ0n) is 20.2. The molecule has 0 aliphatic heterocycles. The van der Waals surface area contributed by atoms with Crippen molar-refractivity contribution in [2.24, 2.45) is 0 Å². The summed E-state index contributed by atoms with van der Waals surface area (Å²) < 4.78 is 12.3. The van der Waals surface area contributed by atoms with Gasteiger partial charge in [0.25, 0.3) is 0 Å². The first-order valence-corrected chi connectivity index (χ1v) is 12.3. The van der Waals surface area contributed by atoms with Crippen molar-refractivity contribution >= 4 is 27.7 Å². The Morgan fingerprint density at radius 3 is 2.15 bits per heavy atom. The average molecular weight is 519 g/mol. The Hall–Kier alpha value is -2.54. The Morgan fingerprint density at radius 1 is 0.939 bits per heavy atom. The van der Waals surface area contributed by atoms with Crippen molar-refractivity contribution in [1.82, 2.24) is 10.2 Å². The summed E-state index contributed by atoms with van der Waals surface area (Å²) in [5.74, 6) is 1.15. The minimum Gasteiger partial charge on any atom is -0.490 e. The van der Waals surface area contributed by atoms with Crippen LogP contribution in [-0.4, -0.2) is 42.0 Å². The molecule has 33 heavy (non-hydrogen) atoms. The molecule has 0 spiro atoms. The molecule has 0 saturated heterocycles. The number of nitrogens with zero attached hydrogens (tertiary/aromatic N) is 1. The molecule has 6 nitrogen and oxygen atoms in total. The van der Waals surface area contributed by atoms with E-state index in [0.717, 1.165) is 15.6 Å². The first kappa shape index (κ1) is 26.7. The molecular formula is C26H35BrN2O4. The predicted octanol–water partition coefficient (Wildman–Crippen LogP) is 5.12. The summed E-state index contributed by atoms with van der Waals surface area (Å²) in [7, 11) is 0. The number of hydrogen-bond acceptors (Lipinski definition) is 4. The second kappa shape index (κ2) is 13.2. The standard InChI is InChI=1S/C26H35BrN2O4/c1-6-32-23-14-10-20(16-24(23)33-7-2)11-15-25(30)29(19(5)26(31)28-18(3)4)17-21-8-12-22(27)13-9-21/h8-10,12-14,16,18-19H,6-7,11,15,17H2,1-5H3,(H,28,31). The Balaban J connectivity index is 2.17. The van der Waals surface area contributed by atoms with Crippen LogP contribution in [0.5, 0.6) is 11.5 Å². The lowest BCUT2D eigenvalue weighted by molar-refractivity contribution is -0.140. The highest BCUT2D eigenvalue weighted by molar-refractivity contribution is 9.10. The molecule has 7 heteroatoms. The van der Waals surface area contributed by atoms with Crippen molar-refractivity contribution in [3.63, 3.8) is 0 Å². The number of rotatable bonds is 12. The SMILES string of the molecule is CCOc1ccc(CCC(=O)N(Cc2ccc(Br)cc2)C(C)C(=O)NC(C)C)cc1OCC. The first-order valence-electron chi connectivity index (χ1n) is 11.5. The van der Waals surface area contributed by atoms with E-state index in [1.165, 1.54) is 0 Å². The zero-order chi connectivity index (χ0) is 24.4. The van der Waals surface area contributed by atoms with E-state index in [4.69, 9.17) is 9.47 Å². The monoisotopic (exact) mass is 518 g/mol. The van der Waals surface area contributed by atoms with E-state index < -0.39 is 6.04 Å². The van der Waals surface area contributed by atoms with E-state index in [9.17, 15) is 9.59 Å². The molecule has 2 aromatic carbocycles. The molecule has 0 heterocycles. The molecule has 0 radical (unpaired) electrons. The molecule has 2 aromatic rings. The second-order valence-electron chi connectivity index (χ2n) is 8.13. The molecule has 0 aromatic heterocycles. The molecule has 0 bridgehead atoms. The second-order valence-corrected chi connectivity index (χ2v) is 9.05. The highest BCUT2D eigenvalue weighted by Crippen LogP contribution is 2.29. The molecule has 1 unspecified atom stereocenters. The van der Waals surface area contributed by atoms with E-state index >= 15 is 0 Å². The lowest BCUT2D eigenvalue weighted by Gasteiger charge is -2.29. The number of aryl methyl sites for hydroxylation is 1. The fraction of sp³-hybridized carbons (Fsp3) is 0.462. The summed E-state index contributed by atoms with van der Waals surface area (Å²) in [6, 6.07) is 13.0. The first-order chi connectivity index (χ1) is 15.7. The van der Waals surface area contributed by atoms with Gasteiger partial charge in [-0.2, -0.15) is 0 Å². The molecule has 0 aliphatic carbocycles. The topological polar surface area (TPSA) is 67.9 Å². The van der Waals surface area contributed by atoms with Gasteiger partial charge in [-0.3, -0.25) is 9.59 Å². The highest BCUT2D eigenvalue weighted by atomic mass is 79.9. The van der Waals surface area contributed by atoms with Crippen LogP contribution in [0.2, 0.25) is 0 Å². The molecule has 2 amide bonds. The number of carbonyl (C=O) groups excluding carboxylic acids is 2. The maximum absolute atomic E-state index is 13.3. The molecular weight excluding hydrogens is 484 g/mol. The normalized spacial score (nSPS) is 11.7. The van der Waals surface area contributed by atoms with Gasteiger partial charge in [0.15, 0.2) is 11.5 Å². The van der Waals surface area contributed by atoms with Crippen molar-refractivity contribution in [3.05, 3.63) is 58.1 Å². The van der Waals surface area contributed by atoms with Gasteiger partial charge in [0.05, 0.1) is 13.2 Å². The van der Waals surface area contributed by atoms with Gasteiger partial charge < -0.3 is 19.7 Å². The lowest BCUT2D eigenvalue weighted by Crippen LogP contribution is -2.49. The van der Waals surface area contributed by atoms with Gasteiger partial charge in [-0.25, -0.2) is 0 Å². The van der Waals surface area contributed by atoms with E-state index in [-0.39, 0.29) is 24.3 Å². The van der Waals surface area contributed by atoms with Crippen LogP contribution >= 0.6 is 15.9 Å². The van der Waals surface area contributed by atoms with Crippen LogP contribution in [0.3, 0.4) is 0 Å². The van der Waals surface area contributed by atoms with Crippen LogP contribution in [0.15, 0.2) is 46.9 Å². The summed E-state index contributed by atoms with van der Waals surface area (Å²) in [6.07, 6.45) is 0.829. The molecule has 1 N–H and O–H groups in total. The summed E-state index contributed by atoms with van der Waals surface area (Å²) >= 11 is 3.44. The minimum atomic E-state index is -0.581. The van der Waals surface area contributed by atoms with Crippen LogP contribution in [0.25, 0.3) is 0 Å². The summed E-state index contributed by atoms with van der Waals surface area (Å²) in [5.41, 5.74) is 1.95. The Kier molecular flexibility index (Phi) is 10.7. The molecule has 0 saturated carbocycles. The Bertz CT molecular complexity index is 915. The van der Waals surface area contributed by atoms with Crippen molar-refractivity contribution in [2.45, 2.75) is 66.1 Å². The lowest BCUT2D eigenvalue weighted by atomic mass is 10.1. The van der Waals surface area contributed by atoms with Gasteiger partial charge in [-0.15, -0.1) is 0 Å². The van der Waals surface area contributed by atoms with Crippen LogP contribution in [0, 0.1) is 0 Å². The van der Waals surface area contributed by atoms with Crippen LogP contribution in [-0.2, 0) is 22.6 Å². The van der Waals surface area contributed by atoms with Crippen LogP contribution in [0.4, 0.5) is 0 Å². The van der Waals surface area contributed by atoms with E-state index in [0.29, 0.717) is 37.7 Å². The smallest absolute Gasteiger partial charge is 0.242 e. The Labute approximate surface area is 205 Å².